The molecule has 19 heavy (non-hydrogen) atoms. The Labute approximate surface area is 110 Å². The highest BCUT2D eigenvalue weighted by molar-refractivity contribution is 5.79. The van der Waals surface area contributed by atoms with Crippen LogP contribution >= 0.6 is 0 Å². The van der Waals surface area contributed by atoms with Crippen molar-refractivity contribution in [2.45, 2.75) is 6.61 Å². The third kappa shape index (κ3) is 2.50. The highest BCUT2D eigenvalue weighted by Gasteiger charge is 2.03. The summed E-state index contributed by atoms with van der Waals surface area (Å²) < 4.78 is 5.59. The average Bonchev–Trinajstić information content (AvgIpc) is 2.46. The number of rotatable bonds is 3. The van der Waals surface area contributed by atoms with E-state index in [0.29, 0.717) is 12.4 Å². The lowest BCUT2D eigenvalue weighted by molar-refractivity contribution is 0.302. The fourth-order valence-corrected chi connectivity index (χ4v) is 1.97. The molecule has 1 N–H and O–H groups in total. The van der Waals surface area contributed by atoms with Gasteiger partial charge in [-0.05, 0) is 17.7 Å². The molecule has 0 aliphatic heterocycles. The summed E-state index contributed by atoms with van der Waals surface area (Å²) in [5.74, 6) is 0.350. The smallest absolute Gasteiger partial charge is 0.290 e. The molecule has 3 aromatic rings. The minimum atomic E-state index is -0.199. The highest BCUT2D eigenvalue weighted by atomic mass is 16.5. The van der Waals surface area contributed by atoms with Gasteiger partial charge in [-0.2, -0.15) is 0 Å². The summed E-state index contributed by atoms with van der Waals surface area (Å²) in [6.07, 6.45) is 0. The molecule has 94 valence electrons. The number of hydrogen-bond donors (Lipinski definition) is 1. The van der Waals surface area contributed by atoms with Gasteiger partial charge in [0.15, 0.2) is 5.75 Å². The van der Waals surface area contributed by atoms with Gasteiger partial charge >= 0.3 is 0 Å². The summed E-state index contributed by atoms with van der Waals surface area (Å²) in [5.41, 5.74) is 1.66. The van der Waals surface area contributed by atoms with Gasteiger partial charge in [-0.15, -0.1) is 0 Å². The van der Waals surface area contributed by atoms with Crippen LogP contribution in [-0.2, 0) is 6.61 Å². The first-order valence-corrected chi connectivity index (χ1v) is 6.12. The van der Waals surface area contributed by atoms with E-state index < -0.39 is 0 Å². The van der Waals surface area contributed by atoms with E-state index in [1.807, 2.05) is 54.6 Å². The maximum absolute atomic E-state index is 11.9. The van der Waals surface area contributed by atoms with Gasteiger partial charge < -0.3 is 9.72 Å². The molecule has 0 aliphatic carbocycles. The molecule has 0 atom stereocenters. The molecule has 1 heterocycles. The molecular formula is C16H13NO2. The molecule has 0 bridgehead atoms. The van der Waals surface area contributed by atoms with Gasteiger partial charge in [0.25, 0.3) is 5.56 Å². The Kier molecular flexibility index (Phi) is 3.02. The first kappa shape index (κ1) is 11.5. The SMILES string of the molecule is O=c1[nH]c2ccccc2cc1OCc1ccccc1. The van der Waals surface area contributed by atoms with Crippen LogP contribution in [0.5, 0.6) is 5.75 Å². The van der Waals surface area contributed by atoms with E-state index in [9.17, 15) is 4.79 Å². The molecule has 3 rings (SSSR count). The zero-order valence-electron chi connectivity index (χ0n) is 10.3. The molecule has 0 aliphatic rings. The lowest BCUT2D eigenvalue weighted by atomic mass is 10.2. The van der Waals surface area contributed by atoms with Crippen LogP contribution in [0.1, 0.15) is 5.56 Å². The largest absolute Gasteiger partial charge is 0.483 e. The van der Waals surface area contributed by atoms with Crippen LogP contribution in [0.25, 0.3) is 10.9 Å². The lowest BCUT2D eigenvalue weighted by Crippen LogP contribution is -2.10. The Morgan fingerprint density at radius 2 is 1.68 bits per heavy atom. The third-order valence-electron chi connectivity index (χ3n) is 2.96. The topological polar surface area (TPSA) is 42.1 Å². The molecule has 2 aromatic carbocycles. The van der Waals surface area contributed by atoms with E-state index in [2.05, 4.69) is 4.98 Å². The van der Waals surface area contributed by atoms with Gasteiger partial charge in [-0.3, -0.25) is 4.79 Å². The number of hydrogen-bond acceptors (Lipinski definition) is 2. The van der Waals surface area contributed by atoms with Gasteiger partial charge in [0.05, 0.1) is 0 Å². The number of para-hydroxylation sites is 1. The van der Waals surface area contributed by atoms with Crippen molar-refractivity contribution in [3.8, 4) is 5.75 Å². The number of aromatic amines is 1. The normalized spacial score (nSPS) is 10.5. The summed E-state index contributed by atoms with van der Waals surface area (Å²) >= 11 is 0. The van der Waals surface area contributed by atoms with E-state index in [4.69, 9.17) is 4.74 Å². The zero-order chi connectivity index (χ0) is 13.1. The number of ether oxygens (including phenoxy) is 1. The van der Waals surface area contributed by atoms with Gasteiger partial charge in [-0.1, -0.05) is 48.5 Å². The molecule has 0 spiro atoms. The van der Waals surface area contributed by atoms with Crippen LogP contribution < -0.4 is 10.3 Å². The maximum Gasteiger partial charge on any atom is 0.290 e. The number of nitrogens with one attached hydrogen (secondary N) is 1. The first-order chi connectivity index (χ1) is 9.33. The molecule has 0 fully saturated rings. The Morgan fingerprint density at radius 3 is 2.53 bits per heavy atom. The Bertz CT molecular complexity index is 747. The number of fused-ring (bicyclic) bond motifs is 1. The van der Waals surface area contributed by atoms with Crippen LogP contribution in [0.2, 0.25) is 0 Å². The molecule has 0 saturated carbocycles. The molecule has 1 aromatic heterocycles. The van der Waals surface area contributed by atoms with Crippen LogP contribution in [0.3, 0.4) is 0 Å². The molecular weight excluding hydrogens is 238 g/mol. The molecule has 0 saturated heterocycles. The molecule has 3 heteroatoms. The number of H-pyrrole nitrogens is 1. The van der Waals surface area contributed by atoms with Gasteiger partial charge in [0, 0.05) is 10.9 Å². The number of benzene rings is 2. The van der Waals surface area contributed by atoms with Crippen molar-refractivity contribution >= 4 is 10.9 Å². The second-order valence-electron chi connectivity index (χ2n) is 4.32. The maximum atomic E-state index is 11.9. The standard InChI is InChI=1S/C16H13NO2/c18-16-15(19-11-12-6-2-1-3-7-12)10-13-8-4-5-9-14(13)17-16/h1-10H,11H2,(H,17,18). The van der Waals surface area contributed by atoms with E-state index in [-0.39, 0.29) is 5.56 Å². The summed E-state index contributed by atoms with van der Waals surface area (Å²) in [6, 6.07) is 19.2. The lowest BCUT2D eigenvalue weighted by Gasteiger charge is -2.06. The van der Waals surface area contributed by atoms with Crippen molar-refractivity contribution in [1.82, 2.24) is 4.98 Å². The van der Waals surface area contributed by atoms with E-state index in [0.717, 1.165) is 16.5 Å². The van der Waals surface area contributed by atoms with Gasteiger partial charge in [0.1, 0.15) is 6.61 Å². The first-order valence-electron chi connectivity index (χ1n) is 6.12. The van der Waals surface area contributed by atoms with Crippen molar-refractivity contribution < 1.29 is 4.74 Å². The van der Waals surface area contributed by atoms with E-state index >= 15 is 0 Å². The summed E-state index contributed by atoms with van der Waals surface area (Å²) in [6.45, 7) is 0.391. The minimum Gasteiger partial charge on any atom is -0.483 e. The fourth-order valence-electron chi connectivity index (χ4n) is 1.97. The second kappa shape index (κ2) is 4.98. The van der Waals surface area contributed by atoms with E-state index in [1.165, 1.54) is 0 Å². The number of aromatic nitrogens is 1. The zero-order valence-corrected chi connectivity index (χ0v) is 10.3. The highest BCUT2D eigenvalue weighted by Crippen LogP contribution is 2.15. The van der Waals surface area contributed by atoms with Gasteiger partial charge in [0.2, 0.25) is 0 Å². The van der Waals surface area contributed by atoms with Gasteiger partial charge in [-0.25, -0.2) is 0 Å². The Morgan fingerprint density at radius 1 is 0.947 bits per heavy atom. The monoisotopic (exact) mass is 251 g/mol. The minimum absolute atomic E-state index is 0.199. The fraction of sp³-hybridized carbons (Fsp3) is 0.0625. The molecule has 0 radical (unpaired) electrons. The van der Waals surface area contributed by atoms with Crippen LogP contribution in [0, 0.1) is 0 Å². The quantitative estimate of drug-likeness (QED) is 0.777. The van der Waals surface area contributed by atoms with Crippen molar-refractivity contribution in [3.05, 3.63) is 76.6 Å². The molecule has 0 amide bonds. The van der Waals surface area contributed by atoms with Crippen molar-refractivity contribution in [2.75, 3.05) is 0 Å². The summed E-state index contributed by atoms with van der Waals surface area (Å²) in [5, 5.41) is 0.963. The van der Waals surface area contributed by atoms with Crippen LogP contribution in [0.15, 0.2) is 65.5 Å². The van der Waals surface area contributed by atoms with Crippen LogP contribution in [-0.4, -0.2) is 4.98 Å². The third-order valence-corrected chi connectivity index (χ3v) is 2.96. The van der Waals surface area contributed by atoms with Crippen LogP contribution in [0.4, 0.5) is 0 Å². The average molecular weight is 251 g/mol. The van der Waals surface area contributed by atoms with Crippen molar-refractivity contribution in [2.24, 2.45) is 0 Å². The molecule has 0 unspecified atom stereocenters. The van der Waals surface area contributed by atoms with E-state index in [1.54, 1.807) is 6.07 Å². The Balaban J connectivity index is 1.89. The Hall–Kier alpha value is -2.55. The predicted molar refractivity (Wildman–Crippen MR) is 75.3 cm³/mol. The summed E-state index contributed by atoms with van der Waals surface area (Å²) in [4.78, 5) is 14.7. The second-order valence-corrected chi connectivity index (χ2v) is 4.32. The summed E-state index contributed by atoms with van der Waals surface area (Å²) in [7, 11) is 0. The van der Waals surface area contributed by atoms with Crippen molar-refractivity contribution in [3.63, 3.8) is 0 Å². The molecule has 3 nitrogen and oxygen atoms in total. The van der Waals surface area contributed by atoms with Crippen molar-refractivity contribution in [1.29, 1.82) is 0 Å². The predicted octanol–water partition coefficient (Wildman–Crippen LogP) is 3.11. The number of pyridine rings is 1.